The van der Waals surface area contributed by atoms with E-state index in [0.717, 1.165) is 30.3 Å². The molecule has 7 nitrogen and oxygen atoms in total. The van der Waals surface area contributed by atoms with Gasteiger partial charge in [0.1, 0.15) is 5.82 Å². The minimum absolute atomic E-state index is 0.0304. The molecule has 1 aliphatic carbocycles. The van der Waals surface area contributed by atoms with E-state index >= 15 is 0 Å². The van der Waals surface area contributed by atoms with Gasteiger partial charge in [0.2, 0.25) is 5.91 Å². The van der Waals surface area contributed by atoms with Crippen LogP contribution in [0.2, 0.25) is 0 Å². The van der Waals surface area contributed by atoms with Crippen LogP contribution in [-0.4, -0.2) is 28.4 Å². The summed E-state index contributed by atoms with van der Waals surface area (Å²) < 4.78 is 5.59. The zero-order valence-electron chi connectivity index (χ0n) is 17.9. The number of benzene rings is 2. The maximum atomic E-state index is 13.4. The number of aromatic nitrogens is 2. The molecule has 0 radical (unpaired) electrons. The molecule has 1 amide bonds. The number of carbonyl (C=O) groups is 2. The van der Waals surface area contributed by atoms with Crippen LogP contribution in [0.5, 0.6) is 0 Å². The maximum absolute atomic E-state index is 13.4. The Bertz CT molecular complexity index is 1180. The van der Waals surface area contributed by atoms with Crippen LogP contribution in [0.15, 0.2) is 48.5 Å². The number of nitrogens with two attached hydrogens (primary N) is 1. The van der Waals surface area contributed by atoms with Gasteiger partial charge >= 0.3 is 5.97 Å². The molecule has 1 aromatic heterocycles. The predicted molar refractivity (Wildman–Crippen MR) is 122 cm³/mol. The molecule has 1 fully saturated rings. The monoisotopic (exact) mass is 430 g/mol. The minimum atomic E-state index is -0.443. The van der Waals surface area contributed by atoms with Crippen LogP contribution in [-0.2, 0) is 27.4 Å². The molecule has 0 bridgehead atoms. The Morgan fingerprint density at radius 1 is 1.00 bits per heavy atom. The van der Waals surface area contributed by atoms with Gasteiger partial charge < -0.3 is 15.4 Å². The number of nitrogens with zero attached hydrogens (tertiary/aromatic N) is 3. The number of hydrogen-bond donors (Lipinski definition) is 1. The summed E-state index contributed by atoms with van der Waals surface area (Å²) in [4.78, 5) is 37.0. The van der Waals surface area contributed by atoms with Gasteiger partial charge in [0.25, 0.3) is 0 Å². The lowest BCUT2D eigenvalue weighted by molar-refractivity contribution is -0.155. The van der Waals surface area contributed by atoms with Gasteiger partial charge in [-0.05, 0) is 43.0 Å². The van der Waals surface area contributed by atoms with E-state index in [1.54, 1.807) is 0 Å². The quantitative estimate of drug-likeness (QED) is 0.635. The van der Waals surface area contributed by atoms with Crippen LogP contribution in [0, 0.1) is 11.8 Å². The van der Waals surface area contributed by atoms with Crippen molar-refractivity contribution < 1.29 is 14.3 Å². The number of esters is 1. The summed E-state index contributed by atoms with van der Waals surface area (Å²) in [6.45, 7) is 0.610. The normalized spacial score (nSPS) is 20.2. The lowest BCUT2D eigenvalue weighted by Gasteiger charge is -2.32. The first-order valence-corrected chi connectivity index (χ1v) is 11.2. The number of rotatable bonds is 4. The molecule has 32 heavy (non-hydrogen) atoms. The van der Waals surface area contributed by atoms with Crippen molar-refractivity contribution in [1.29, 1.82) is 0 Å². The molecule has 0 saturated heterocycles. The second kappa shape index (κ2) is 8.57. The standard InChI is InChI=1S/C25H26N4O3/c26-23-19-10-4-5-11-20(19)27-22(28-23)15-32-25(31)18-9-3-2-8-17(18)24(30)29-14-13-16-7-1-6-12-21(16)29/h1,4-7,10-12,17-18H,2-3,8-9,13-15H2,(H2,26,27,28). The van der Waals surface area contributed by atoms with Crippen LogP contribution < -0.4 is 10.6 Å². The van der Waals surface area contributed by atoms with Gasteiger partial charge in [-0.25, -0.2) is 9.97 Å². The van der Waals surface area contributed by atoms with Gasteiger partial charge in [0.15, 0.2) is 12.4 Å². The van der Waals surface area contributed by atoms with Crippen LogP contribution in [0.1, 0.15) is 37.1 Å². The number of para-hydroxylation sites is 2. The molecule has 2 unspecified atom stereocenters. The Hall–Kier alpha value is -3.48. The molecule has 164 valence electrons. The van der Waals surface area contributed by atoms with E-state index in [0.29, 0.717) is 36.5 Å². The summed E-state index contributed by atoms with van der Waals surface area (Å²) in [5.41, 5.74) is 8.90. The maximum Gasteiger partial charge on any atom is 0.310 e. The van der Waals surface area contributed by atoms with Gasteiger partial charge in [-0.15, -0.1) is 0 Å². The first kappa shape index (κ1) is 20.4. The molecule has 2 heterocycles. The van der Waals surface area contributed by atoms with Crippen LogP contribution in [0.4, 0.5) is 11.5 Å². The van der Waals surface area contributed by atoms with Crippen molar-refractivity contribution in [2.75, 3.05) is 17.2 Å². The van der Waals surface area contributed by atoms with Crippen LogP contribution in [0.3, 0.4) is 0 Å². The Kier molecular flexibility index (Phi) is 5.47. The predicted octanol–water partition coefficient (Wildman–Crippen LogP) is 3.65. The zero-order valence-corrected chi connectivity index (χ0v) is 17.9. The van der Waals surface area contributed by atoms with Gasteiger partial charge in [0, 0.05) is 17.6 Å². The fourth-order valence-corrected chi connectivity index (χ4v) is 4.93. The molecule has 1 saturated carbocycles. The first-order valence-electron chi connectivity index (χ1n) is 11.2. The Morgan fingerprint density at radius 2 is 1.75 bits per heavy atom. The third-order valence-corrected chi connectivity index (χ3v) is 6.56. The number of hydrogen-bond acceptors (Lipinski definition) is 6. The van der Waals surface area contributed by atoms with Gasteiger partial charge in [-0.2, -0.15) is 0 Å². The lowest BCUT2D eigenvalue weighted by atomic mass is 9.78. The molecule has 0 spiro atoms. The van der Waals surface area contributed by atoms with Crippen LogP contribution in [0.25, 0.3) is 10.9 Å². The van der Waals surface area contributed by atoms with E-state index in [-0.39, 0.29) is 24.4 Å². The largest absolute Gasteiger partial charge is 0.457 e. The first-order chi connectivity index (χ1) is 15.6. The number of nitrogen functional groups attached to an aromatic ring is 1. The number of fused-ring (bicyclic) bond motifs is 2. The molecule has 2 aliphatic rings. The fraction of sp³-hybridized carbons (Fsp3) is 0.360. The SMILES string of the molecule is Nc1nc(COC(=O)C2CCCCC2C(=O)N2CCc3ccccc32)nc2ccccc12. The van der Waals surface area contributed by atoms with Gasteiger partial charge in [-0.3, -0.25) is 9.59 Å². The smallest absolute Gasteiger partial charge is 0.310 e. The van der Waals surface area contributed by atoms with E-state index in [1.165, 1.54) is 5.56 Å². The highest BCUT2D eigenvalue weighted by Crippen LogP contribution is 2.36. The molecule has 7 heteroatoms. The summed E-state index contributed by atoms with van der Waals surface area (Å²) in [5.74, 6) is -0.401. The average Bonchev–Trinajstić information content (AvgIpc) is 3.26. The average molecular weight is 431 g/mol. The fourth-order valence-electron chi connectivity index (χ4n) is 4.93. The Labute approximate surface area is 186 Å². The highest BCUT2D eigenvalue weighted by atomic mass is 16.5. The minimum Gasteiger partial charge on any atom is -0.457 e. The summed E-state index contributed by atoms with van der Waals surface area (Å²) in [5, 5.41) is 0.770. The van der Waals surface area contributed by atoms with Crippen molar-refractivity contribution in [2.45, 2.75) is 38.7 Å². The summed E-state index contributed by atoms with van der Waals surface area (Å²) >= 11 is 0. The lowest BCUT2D eigenvalue weighted by Crippen LogP contribution is -2.42. The number of amides is 1. The topological polar surface area (TPSA) is 98.4 Å². The summed E-state index contributed by atoms with van der Waals surface area (Å²) in [6.07, 6.45) is 4.08. The molecule has 1 aliphatic heterocycles. The van der Waals surface area contributed by atoms with E-state index in [9.17, 15) is 9.59 Å². The van der Waals surface area contributed by atoms with E-state index < -0.39 is 5.92 Å². The third-order valence-electron chi connectivity index (χ3n) is 6.56. The van der Waals surface area contributed by atoms with E-state index in [4.69, 9.17) is 10.5 Å². The van der Waals surface area contributed by atoms with Crippen molar-refractivity contribution in [3.63, 3.8) is 0 Å². The van der Waals surface area contributed by atoms with Crippen LogP contribution >= 0.6 is 0 Å². The molecule has 5 rings (SSSR count). The second-order valence-electron chi connectivity index (χ2n) is 8.52. The Morgan fingerprint density at radius 3 is 2.62 bits per heavy atom. The van der Waals surface area contributed by atoms with E-state index in [2.05, 4.69) is 16.0 Å². The Balaban J connectivity index is 1.30. The molecule has 2 aromatic carbocycles. The van der Waals surface area contributed by atoms with Crippen molar-refractivity contribution in [3.05, 3.63) is 59.9 Å². The van der Waals surface area contributed by atoms with Crippen molar-refractivity contribution >= 4 is 34.3 Å². The summed E-state index contributed by atoms with van der Waals surface area (Å²) in [6, 6.07) is 15.4. The molecular weight excluding hydrogens is 404 g/mol. The van der Waals surface area contributed by atoms with Gasteiger partial charge in [0.05, 0.1) is 17.4 Å². The van der Waals surface area contributed by atoms with Crippen molar-refractivity contribution in [1.82, 2.24) is 9.97 Å². The molecule has 2 atom stereocenters. The highest BCUT2D eigenvalue weighted by Gasteiger charge is 2.40. The molecule has 2 N–H and O–H groups in total. The molecular formula is C25H26N4O3. The third kappa shape index (κ3) is 3.79. The summed E-state index contributed by atoms with van der Waals surface area (Å²) in [7, 11) is 0. The van der Waals surface area contributed by atoms with Gasteiger partial charge in [-0.1, -0.05) is 43.2 Å². The zero-order chi connectivity index (χ0) is 22.1. The highest BCUT2D eigenvalue weighted by molar-refractivity contribution is 5.99. The van der Waals surface area contributed by atoms with Crippen molar-refractivity contribution in [3.8, 4) is 0 Å². The number of ether oxygens (including phenoxy) is 1. The van der Waals surface area contributed by atoms with Crippen molar-refractivity contribution in [2.24, 2.45) is 11.8 Å². The second-order valence-corrected chi connectivity index (χ2v) is 8.52. The van der Waals surface area contributed by atoms with E-state index in [1.807, 2.05) is 47.4 Å². The number of carbonyl (C=O) groups excluding carboxylic acids is 2. The number of anilines is 2. The molecule has 3 aromatic rings.